The van der Waals surface area contributed by atoms with Gasteiger partial charge in [0.2, 0.25) is 11.8 Å². The Morgan fingerprint density at radius 1 is 1.18 bits per heavy atom. The van der Waals surface area contributed by atoms with E-state index in [9.17, 15) is 18.0 Å². The Hall–Kier alpha value is -1.84. The highest BCUT2D eigenvalue weighted by Gasteiger charge is 2.60. The highest BCUT2D eigenvalue weighted by Crippen LogP contribution is 2.59. The van der Waals surface area contributed by atoms with Crippen molar-refractivity contribution >= 4 is 6.09 Å². The maximum absolute atomic E-state index is 12.2. The molecule has 4 fully saturated rings. The van der Waals surface area contributed by atoms with Crippen LogP contribution >= 0.6 is 0 Å². The maximum atomic E-state index is 12.2. The fraction of sp³-hybridized carbons (Fsp3) is 0.833. The van der Waals surface area contributed by atoms with Crippen molar-refractivity contribution in [2.45, 2.75) is 88.3 Å². The maximum Gasteiger partial charge on any atom is 0.522 e. The van der Waals surface area contributed by atoms with E-state index in [1.807, 2.05) is 20.8 Å². The topological polar surface area (TPSA) is 86.5 Å². The summed E-state index contributed by atoms with van der Waals surface area (Å²) in [6, 6.07) is -0.00142. The first-order valence-corrected chi connectivity index (χ1v) is 9.50. The van der Waals surface area contributed by atoms with E-state index in [2.05, 4.69) is 20.3 Å². The molecular formula is C18H24F3N3O4. The third kappa shape index (κ3) is 3.83. The smallest absolute Gasteiger partial charge is 0.444 e. The van der Waals surface area contributed by atoms with Crippen LogP contribution in [0, 0.1) is 5.92 Å². The van der Waals surface area contributed by atoms with Crippen molar-refractivity contribution in [3.8, 4) is 0 Å². The Bertz CT molecular complexity index is 746. The van der Waals surface area contributed by atoms with Gasteiger partial charge in [-0.3, -0.25) is 4.74 Å². The van der Waals surface area contributed by atoms with Gasteiger partial charge in [0.05, 0.1) is 11.5 Å². The van der Waals surface area contributed by atoms with Crippen LogP contribution in [-0.4, -0.2) is 40.4 Å². The van der Waals surface area contributed by atoms with Gasteiger partial charge in [0.15, 0.2) is 0 Å². The molecule has 7 nitrogen and oxygen atoms in total. The molecule has 156 valence electrons. The molecule has 1 aromatic rings. The Morgan fingerprint density at radius 2 is 1.86 bits per heavy atom. The van der Waals surface area contributed by atoms with E-state index in [-0.39, 0.29) is 30.2 Å². The summed E-state index contributed by atoms with van der Waals surface area (Å²) in [5, 5.41) is 11.1. The second-order valence-corrected chi connectivity index (χ2v) is 9.20. The van der Waals surface area contributed by atoms with Gasteiger partial charge in [-0.15, -0.1) is 23.4 Å². The van der Waals surface area contributed by atoms with Crippen LogP contribution in [0.25, 0.3) is 0 Å². The first-order chi connectivity index (χ1) is 12.9. The molecule has 1 unspecified atom stereocenters. The third-order valence-electron chi connectivity index (χ3n) is 5.83. The van der Waals surface area contributed by atoms with Gasteiger partial charge in [0, 0.05) is 12.0 Å². The van der Waals surface area contributed by atoms with Crippen LogP contribution in [0.5, 0.6) is 0 Å². The minimum Gasteiger partial charge on any atom is -0.444 e. The first kappa shape index (κ1) is 19.5. The predicted molar refractivity (Wildman–Crippen MR) is 89.4 cm³/mol. The number of halogens is 3. The largest absolute Gasteiger partial charge is 0.522 e. The lowest BCUT2D eigenvalue weighted by Crippen LogP contribution is -2.40. The SMILES string of the molecule is CC(C)(C)OC(=O)NC1CC2(c3nnc(C4CC(OC(F)(F)F)C4)o3)CC1C2. The zero-order valence-electron chi connectivity index (χ0n) is 16.0. The van der Waals surface area contributed by atoms with Crippen molar-refractivity contribution < 1.29 is 31.9 Å². The molecule has 0 aliphatic heterocycles. The molecule has 4 aliphatic carbocycles. The number of alkyl halides is 3. The molecule has 0 saturated heterocycles. The zero-order chi connectivity index (χ0) is 20.3. The summed E-state index contributed by atoms with van der Waals surface area (Å²) in [5.74, 6) is 1.04. The highest BCUT2D eigenvalue weighted by molar-refractivity contribution is 5.68. The normalized spacial score (nSPS) is 34.5. The summed E-state index contributed by atoms with van der Waals surface area (Å²) in [4.78, 5) is 12.0. The molecule has 0 aromatic carbocycles. The lowest BCUT2D eigenvalue weighted by molar-refractivity contribution is -0.352. The third-order valence-corrected chi connectivity index (χ3v) is 5.83. The van der Waals surface area contributed by atoms with E-state index < -0.39 is 24.2 Å². The molecule has 4 saturated carbocycles. The average Bonchev–Trinajstić information content (AvgIpc) is 3.10. The van der Waals surface area contributed by atoms with E-state index in [4.69, 9.17) is 9.15 Å². The van der Waals surface area contributed by atoms with Crippen molar-refractivity contribution in [1.82, 2.24) is 15.5 Å². The van der Waals surface area contributed by atoms with Gasteiger partial charge in [-0.25, -0.2) is 4.79 Å². The van der Waals surface area contributed by atoms with E-state index >= 15 is 0 Å². The number of carbonyl (C=O) groups is 1. The predicted octanol–water partition coefficient (Wildman–Crippen LogP) is 3.80. The summed E-state index contributed by atoms with van der Waals surface area (Å²) in [6.45, 7) is 5.44. The average molecular weight is 403 g/mol. The second kappa shape index (κ2) is 6.33. The van der Waals surface area contributed by atoms with Gasteiger partial charge in [-0.2, -0.15) is 0 Å². The molecule has 2 bridgehead atoms. The van der Waals surface area contributed by atoms with E-state index in [0.717, 1.165) is 12.8 Å². The fourth-order valence-electron chi connectivity index (χ4n) is 4.54. The lowest BCUT2D eigenvalue weighted by Gasteiger charge is -2.35. The lowest BCUT2D eigenvalue weighted by atomic mass is 9.69. The second-order valence-electron chi connectivity index (χ2n) is 9.20. The van der Waals surface area contributed by atoms with Crippen LogP contribution in [0.15, 0.2) is 4.42 Å². The summed E-state index contributed by atoms with van der Waals surface area (Å²) >= 11 is 0. The molecule has 1 atom stereocenters. The van der Waals surface area contributed by atoms with Gasteiger partial charge in [0.1, 0.15) is 5.60 Å². The molecule has 1 amide bonds. The number of hydrogen-bond acceptors (Lipinski definition) is 6. The summed E-state index contributed by atoms with van der Waals surface area (Å²) in [5.41, 5.74) is -0.803. The van der Waals surface area contributed by atoms with Gasteiger partial charge < -0.3 is 14.5 Å². The fourth-order valence-corrected chi connectivity index (χ4v) is 4.54. The van der Waals surface area contributed by atoms with Gasteiger partial charge in [-0.05, 0) is 58.8 Å². The highest BCUT2D eigenvalue weighted by atomic mass is 19.4. The quantitative estimate of drug-likeness (QED) is 0.823. The standard InChI is InChI=1S/C18H24F3N3O4/c1-16(2,3)28-15(25)22-12-8-17(6-10(12)7-17)14-24-23-13(26-14)9-4-11(5-9)27-18(19,20)21/h9-12H,4-8H2,1-3H3,(H,22,25). The Balaban J connectivity index is 1.32. The van der Waals surface area contributed by atoms with E-state index in [1.165, 1.54) is 0 Å². The van der Waals surface area contributed by atoms with E-state index in [0.29, 0.717) is 24.1 Å². The Labute approximate surface area is 160 Å². The number of alkyl carbamates (subject to hydrolysis) is 1. The van der Waals surface area contributed by atoms with Crippen molar-refractivity contribution in [3.05, 3.63) is 11.8 Å². The molecule has 28 heavy (non-hydrogen) atoms. The number of rotatable bonds is 4. The molecule has 1 aromatic heterocycles. The molecular weight excluding hydrogens is 379 g/mol. The number of ether oxygens (including phenoxy) is 2. The molecule has 5 rings (SSSR count). The minimum absolute atomic E-state index is 0.00142. The zero-order valence-corrected chi connectivity index (χ0v) is 16.0. The van der Waals surface area contributed by atoms with Crippen molar-refractivity contribution in [1.29, 1.82) is 0 Å². The van der Waals surface area contributed by atoms with Gasteiger partial charge in [0.25, 0.3) is 0 Å². The molecule has 1 heterocycles. The van der Waals surface area contributed by atoms with Crippen molar-refractivity contribution in [2.24, 2.45) is 5.92 Å². The number of nitrogens with one attached hydrogen (secondary N) is 1. The van der Waals surface area contributed by atoms with Crippen LogP contribution < -0.4 is 5.32 Å². The molecule has 10 heteroatoms. The number of aromatic nitrogens is 2. The number of amides is 1. The Kier molecular flexibility index (Phi) is 4.40. The first-order valence-electron chi connectivity index (χ1n) is 9.50. The van der Waals surface area contributed by atoms with Crippen LogP contribution in [-0.2, 0) is 14.9 Å². The minimum atomic E-state index is -4.62. The number of carbonyl (C=O) groups excluding carboxylic acids is 1. The monoisotopic (exact) mass is 403 g/mol. The summed E-state index contributed by atoms with van der Waals surface area (Å²) in [7, 11) is 0. The van der Waals surface area contributed by atoms with Crippen LogP contribution in [0.3, 0.4) is 0 Å². The van der Waals surface area contributed by atoms with Crippen LogP contribution in [0.4, 0.5) is 18.0 Å². The van der Waals surface area contributed by atoms with Crippen LogP contribution in [0.1, 0.15) is 70.6 Å². The van der Waals surface area contributed by atoms with E-state index in [1.54, 1.807) is 0 Å². The number of fused-ring (bicyclic) bond motifs is 1. The van der Waals surface area contributed by atoms with Crippen molar-refractivity contribution in [3.63, 3.8) is 0 Å². The molecule has 1 N–H and O–H groups in total. The Morgan fingerprint density at radius 3 is 2.46 bits per heavy atom. The van der Waals surface area contributed by atoms with Crippen LogP contribution in [0.2, 0.25) is 0 Å². The number of hydrogen-bond donors (Lipinski definition) is 1. The summed E-state index contributed by atoms with van der Waals surface area (Å²) < 4.78 is 51.8. The van der Waals surface area contributed by atoms with Gasteiger partial charge in [-0.1, -0.05) is 0 Å². The summed E-state index contributed by atoms with van der Waals surface area (Å²) in [6.07, 6.45) is -3.06. The molecule has 0 spiro atoms. The van der Waals surface area contributed by atoms with Crippen molar-refractivity contribution in [2.75, 3.05) is 0 Å². The molecule has 4 aliphatic rings. The van der Waals surface area contributed by atoms with Gasteiger partial charge >= 0.3 is 12.5 Å². The number of nitrogens with zero attached hydrogens (tertiary/aromatic N) is 2. The molecule has 0 radical (unpaired) electrons.